The Labute approximate surface area is 116 Å². The molecule has 0 aromatic heterocycles. The summed E-state index contributed by atoms with van der Waals surface area (Å²) in [5.41, 5.74) is 0. The van der Waals surface area contributed by atoms with Gasteiger partial charge in [-0.15, -0.1) is 0 Å². The van der Waals surface area contributed by atoms with E-state index in [2.05, 4.69) is 18.7 Å². The lowest BCUT2D eigenvalue weighted by Gasteiger charge is -2.33. The van der Waals surface area contributed by atoms with Gasteiger partial charge >= 0.3 is 0 Å². The molecule has 3 fully saturated rings. The smallest absolute Gasteiger partial charge is 0.222 e. The summed E-state index contributed by atoms with van der Waals surface area (Å²) < 4.78 is 5.64. The third kappa shape index (κ3) is 2.81. The van der Waals surface area contributed by atoms with Crippen LogP contribution < -0.4 is 0 Å². The molecule has 2 heterocycles. The highest BCUT2D eigenvalue weighted by Gasteiger charge is 2.45. The molecule has 0 aromatic carbocycles. The van der Waals surface area contributed by atoms with Crippen LogP contribution in [0.2, 0.25) is 0 Å². The zero-order chi connectivity index (χ0) is 13.4. The first-order valence-corrected chi connectivity index (χ1v) is 8.14. The second kappa shape index (κ2) is 5.43. The summed E-state index contributed by atoms with van der Waals surface area (Å²) in [5, 5.41) is 0. The van der Waals surface area contributed by atoms with Crippen molar-refractivity contribution in [3.8, 4) is 0 Å². The fourth-order valence-corrected chi connectivity index (χ4v) is 4.14. The maximum absolute atomic E-state index is 11.9. The minimum atomic E-state index is 0.383. The van der Waals surface area contributed by atoms with Gasteiger partial charge < -0.3 is 9.64 Å². The molecule has 0 radical (unpaired) electrons. The standard InChI is InChI=1S/C16H27NO2/c1-3-13(17-8-4-5-16(17)18)9-11(2)12-6-7-14-15(10-12)19-14/h11-15H,3-10H2,1-2H3. The second-order valence-corrected chi connectivity index (χ2v) is 6.75. The first-order valence-electron chi connectivity index (χ1n) is 8.14. The highest BCUT2D eigenvalue weighted by Crippen LogP contribution is 2.43. The Kier molecular flexibility index (Phi) is 3.84. The zero-order valence-corrected chi connectivity index (χ0v) is 12.3. The Morgan fingerprint density at radius 1 is 1.37 bits per heavy atom. The van der Waals surface area contributed by atoms with Gasteiger partial charge in [0, 0.05) is 19.0 Å². The number of epoxide rings is 1. The number of likely N-dealkylation sites (tertiary alicyclic amines) is 1. The molecule has 2 aliphatic heterocycles. The molecule has 19 heavy (non-hydrogen) atoms. The number of rotatable bonds is 5. The van der Waals surface area contributed by atoms with Crippen molar-refractivity contribution >= 4 is 5.91 Å². The van der Waals surface area contributed by atoms with Gasteiger partial charge in [-0.3, -0.25) is 4.79 Å². The Balaban J connectivity index is 1.54. The van der Waals surface area contributed by atoms with Crippen LogP contribution in [0, 0.1) is 11.8 Å². The molecule has 2 saturated heterocycles. The van der Waals surface area contributed by atoms with Crippen LogP contribution in [0.4, 0.5) is 0 Å². The van der Waals surface area contributed by atoms with E-state index in [1.165, 1.54) is 25.7 Å². The van der Waals surface area contributed by atoms with Crippen LogP contribution in [0.5, 0.6) is 0 Å². The summed E-state index contributed by atoms with van der Waals surface area (Å²) in [6.45, 7) is 5.60. The average molecular weight is 265 g/mol. The number of carbonyl (C=O) groups excluding carboxylic acids is 1. The first kappa shape index (κ1) is 13.4. The summed E-state index contributed by atoms with van der Waals surface area (Å²) in [6.07, 6.45) is 9.15. The van der Waals surface area contributed by atoms with Crippen molar-refractivity contribution in [1.82, 2.24) is 4.90 Å². The number of carbonyl (C=O) groups is 1. The molecule has 3 heteroatoms. The van der Waals surface area contributed by atoms with Gasteiger partial charge in [-0.1, -0.05) is 13.8 Å². The van der Waals surface area contributed by atoms with Crippen LogP contribution >= 0.6 is 0 Å². The highest BCUT2D eigenvalue weighted by atomic mass is 16.6. The molecule has 3 nitrogen and oxygen atoms in total. The number of amides is 1. The highest BCUT2D eigenvalue weighted by molar-refractivity contribution is 5.78. The minimum absolute atomic E-state index is 0.383. The lowest BCUT2D eigenvalue weighted by Crippen LogP contribution is -2.38. The van der Waals surface area contributed by atoms with Crippen LogP contribution in [0.3, 0.4) is 0 Å². The van der Waals surface area contributed by atoms with Gasteiger partial charge in [-0.25, -0.2) is 0 Å². The maximum Gasteiger partial charge on any atom is 0.222 e. The first-order chi connectivity index (χ1) is 9.19. The van der Waals surface area contributed by atoms with Gasteiger partial charge in [0.05, 0.1) is 12.2 Å². The van der Waals surface area contributed by atoms with Crippen molar-refractivity contribution in [2.75, 3.05) is 6.54 Å². The molecule has 1 saturated carbocycles. The average Bonchev–Trinajstić information content (AvgIpc) is 3.08. The van der Waals surface area contributed by atoms with Gasteiger partial charge in [0.15, 0.2) is 0 Å². The van der Waals surface area contributed by atoms with Crippen LogP contribution in [0.1, 0.15) is 58.8 Å². The summed E-state index contributed by atoms with van der Waals surface area (Å²) >= 11 is 0. The van der Waals surface area contributed by atoms with E-state index in [1.807, 2.05) is 0 Å². The molecule has 0 bridgehead atoms. The van der Waals surface area contributed by atoms with Gasteiger partial charge in [0.25, 0.3) is 0 Å². The number of ether oxygens (including phenoxy) is 1. The molecular formula is C16H27NO2. The van der Waals surface area contributed by atoms with Crippen LogP contribution in [0.25, 0.3) is 0 Å². The minimum Gasteiger partial charge on any atom is -0.370 e. The lowest BCUT2D eigenvalue weighted by molar-refractivity contribution is -0.130. The van der Waals surface area contributed by atoms with Crippen molar-refractivity contribution in [3.63, 3.8) is 0 Å². The number of hydrogen-bond donors (Lipinski definition) is 0. The molecule has 5 atom stereocenters. The topological polar surface area (TPSA) is 32.8 Å². The third-order valence-electron chi connectivity index (χ3n) is 5.52. The van der Waals surface area contributed by atoms with E-state index in [9.17, 15) is 4.79 Å². The predicted octanol–water partition coefficient (Wildman–Crippen LogP) is 2.98. The van der Waals surface area contributed by atoms with Gasteiger partial charge in [0.1, 0.15) is 0 Å². The molecular weight excluding hydrogens is 238 g/mol. The molecule has 3 rings (SSSR count). The number of fused-ring (bicyclic) bond motifs is 1. The molecule has 5 unspecified atom stereocenters. The fourth-order valence-electron chi connectivity index (χ4n) is 4.14. The summed E-state index contributed by atoms with van der Waals surface area (Å²) in [7, 11) is 0. The van der Waals surface area contributed by atoms with E-state index in [-0.39, 0.29) is 0 Å². The van der Waals surface area contributed by atoms with Gasteiger partial charge in [0.2, 0.25) is 5.91 Å². The van der Waals surface area contributed by atoms with Crippen LogP contribution in [-0.2, 0) is 9.53 Å². The summed E-state index contributed by atoms with van der Waals surface area (Å²) in [6, 6.07) is 0.475. The summed E-state index contributed by atoms with van der Waals surface area (Å²) in [4.78, 5) is 14.0. The van der Waals surface area contributed by atoms with Crippen LogP contribution in [-0.4, -0.2) is 35.6 Å². The Morgan fingerprint density at radius 2 is 2.21 bits per heavy atom. The molecule has 0 aromatic rings. The van der Waals surface area contributed by atoms with Gasteiger partial charge in [-0.2, -0.15) is 0 Å². The number of hydrogen-bond acceptors (Lipinski definition) is 2. The summed E-state index contributed by atoms with van der Waals surface area (Å²) in [5.74, 6) is 1.92. The molecule has 3 aliphatic rings. The van der Waals surface area contributed by atoms with E-state index in [0.29, 0.717) is 24.2 Å². The predicted molar refractivity (Wildman–Crippen MR) is 74.8 cm³/mol. The lowest BCUT2D eigenvalue weighted by atomic mass is 9.78. The fraction of sp³-hybridized carbons (Fsp3) is 0.938. The van der Waals surface area contributed by atoms with E-state index < -0.39 is 0 Å². The number of nitrogens with zero attached hydrogens (tertiary/aromatic N) is 1. The Bertz CT molecular complexity index is 344. The van der Waals surface area contributed by atoms with E-state index in [0.717, 1.165) is 37.6 Å². The maximum atomic E-state index is 11.9. The van der Waals surface area contributed by atoms with E-state index in [4.69, 9.17) is 4.74 Å². The van der Waals surface area contributed by atoms with E-state index in [1.54, 1.807) is 0 Å². The van der Waals surface area contributed by atoms with Crippen molar-refractivity contribution in [2.24, 2.45) is 11.8 Å². The van der Waals surface area contributed by atoms with Crippen molar-refractivity contribution in [1.29, 1.82) is 0 Å². The molecule has 108 valence electrons. The molecule has 1 amide bonds. The Hall–Kier alpha value is -0.570. The van der Waals surface area contributed by atoms with Crippen molar-refractivity contribution in [3.05, 3.63) is 0 Å². The van der Waals surface area contributed by atoms with Gasteiger partial charge in [-0.05, 0) is 50.4 Å². The van der Waals surface area contributed by atoms with E-state index >= 15 is 0 Å². The normalized spacial score (nSPS) is 37.1. The van der Waals surface area contributed by atoms with Crippen LogP contribution in [0.15, 0.2) is 0 Å². The Morgan fingerprint density at radius 3 is 2.84 bits per heavy atom. The zero-order valence-electron chi connectivity index (χ0n) is 12.3. The van der Waals surface area contributed by atoms with Crippen molar-refractivity contribution in [2.45, 2.75) is 77.0 Å². The largest absolute Gasteiger partial charge is 0.370 e. The third-order valence-corrected chi connectivity index (χ3v) is 5.52. The quantitative estimate of drug-likeness (QED) is 0.716. The second-order valence-electron chi connectivity index (χ2n) is 6.75. The van der Waals surface area contributed by atoms with Crippen molar-refractivity contribution < 1.29 is 9.53 Å². The molecule has 0 spiro atoms. The monoisotopic (exact) mass is 265 g/mol. The molecule has 0 N–H and O–H groups in total. The molecule has 1 aliphatic carbocycles. The SMILES string of the molecule is CCC(CC(C)C1CCC2OC2C1)N1CCCC1=O.